The molecule has 0 fully saturated rings. The average Bonchev–Trinajstić information content (AvgIpc) is 2.84. The van der Waals surface area contributed by atoms with Gasteiger partial charge in [0.05, 0.1) is 0 Å². The maximum Gasteiger partial charge on any atom is 0.431 e. The predicted octanol–water partition coefficient (Wildman–Crippen LogP) is 3.31. The molecule has 0 aromatic heterocycles. The molecule has 5 N–H and O–H groups in total. The third kappa shape index (κ3) is 33.0. The number of amides is 2. The van der Waals surface area contributed by atoms with E-state index in [9.17, 15) is 24.0 Å². The number of nitrogens with two attached hydrogens (primary N) is 1. The van der Waals surface area contributed by atoms with E-state index in [0.717, 1.165) is 25.7 Å². The van der Waals surface area contributed by atoms with Crippen LogP contribution in [0, 0.1) is 0 Å². The monoisotopic (exact) mass is 613 g/mol. The van der Waals surface area contributed by atoms with Crippen molar-refractivity contribution in [3.63, 3.8) is 0 Å². The van der Waals surface area contributed by atoms with E-state index in [-0.39, 0.29) is 25.4 Å². The summed E-state index contributed by atoms with van der Waals surface area (Å²) in [4.78, 5) is 67.0. The predicted molar refractivity (Wildman–Crippen MR) is 149 cm³/mol. The largest absolute Gasteiger partial charge is 0.479 e. The van der Waals surface area contributed by atoms with E-state index in [2.05, 4.69) is 15.6 Å². The van der Waals surface area contributed by atoms with Crippen molar-refractivity contribution in [3.05, 3.63) is 0 Å². The normalized spacial score (nSPS) is 10.8. The van der Waals surface area contributed by atoms with E-state index in [1.54, 1.807) is 41.5 Å². The van der Waals surface area contributed by atoms with E-state index in [4.69, 9.17) is 28.9 Å². The Bertz CT molecular complexity index is 772. The van der Waals surface area contributed by atoms with Gasteiger partial charge in [0.2, 0.25) is 0 Å². The molecule has 42 heavy (non-hydrogen) atoms. The Morgan fingerprint density at radius 2 is 0.976 bits per heavy atom. The fourth-order valence-corrected chi connectivity index (χ4v) is 2.33. The molecule has 248 valence electrons. The van der Waals surface area contributed by atoms with Crippen molar-refractivity contribution in [1.29, 1.82) is 0 Å². The molecule has 16 heteroatoms. The summed E-state index contributed by atoms with van der Waals surface area (Å²) in [5.41, 5.74) is 2.61. The molecule has 0 aliphatic rings. The van der Waals surface area contributed by atoms with Crippen LogP contribution < -0.4 is 16.9 Å². The number of esters is 2. The van der Waals surface area contributed by atoms with E-state index in [1.807, 2.05) is 38.7 Å². The van der Waals surface area contributed by atoms with Crippen molar-refractivity contribution in [2.24, 2.45) is 5.90 Å². The standard InChI is InChI=1S/C12H23NO5.C7H13NO5.C7H15NO3/c1-6-9(7-2)17-10(14)8-16-13-11(15)18-12(3,4)5;1-7(2,3)13-6(11)8-12-4-5(9)10;1-3-6(4-2)11-7(9)5-10-8/h9H,6-8H2,1-5H3,(H,13,15);4H2,1-3H3,(H,8,11)(H,9,10);6H,3-5,8H2,1-2H3. The number of carboxylic acid groups (broad SMARTS) is 1. The molecular weight excluding hydrogens is 562 g/mol. The van der Waals surface area contributed by atoms with Gasteiger partial charge in [0, 0.05) is 0 Å². The molecule has 0 saturated heterocycles. The Morgan fingerprint density at radius 1 is 0.643 bits per heavy atom. The van der Waals surface area contributed by atoms with Crippen LogP contribution in [0.3, 0.4) is 0 Å². The minimum atomic E-state index is -1.17. The van der Waals surface area contributed by atoms with Gasteiger partial charge >= 0.3 is 30.1 Å². The van der Waals surface area contributed by atoms with Crippen molar-refractivity contribution in [2.75, 3.05) is 19.8 Å². The van der Waals surface area contributed by atoms with Crippen LogP contribution >= 0.6 is 0 Å². The van der Waals surface area contributed by atoms with Crippen molar-refractivity contribution in [1.82, 2.24) is 11.0 Å². The molecule has 0 saturated carbocycles. The molecule has 0 heterocycles. The molecule has 0 bridgehead atoms. The second-order valence-corrected chi connectivity index (χ2v) is 10.3. The third-order valence-electron chi connectivity index (χ3n) is 4.11. The first kappa shape index (κ1) is 43.2. The van der Waals surface area contributed by atoms with Crippen LogP contribution in [0.25, 0.3) is 0 Å². The smallest absolute Gasteiger partial charge is 0.431 e. The lowest BCUT2D eigenvalue weighted by molar-refractivity contribution is -0.157. The van der Waals surface area contributed by atoms with Gasteiger partial charge in [-0.25, -0.2) is 29.9 Å². The zero-order valence-electron chi connectivity index (χ0n) is 26.5. The number of aliphatic carboxylic acids is 1. The first-order valence-corrected chi connectivity index (χ1v) is 13.5. The maximum atomic E-state index is 11.3. The summed E-state index contributed by atoms with van der Waals surface area (Å²) in [6.07, 6.45) is 1.50. The minimum absolute atomic E-state index is 0.00218. The van der Waals surface area contributed by atoms with Crippen LogP contribution in [-0.2, 0) is 47.8 Å². The molecule has 0 aliphatic carbocycles. The van der Waals surface area contributed by atoms with Gasteiger partial charge < -0.3 is 24.1 Å². The summed E-state index contributed by atoms with van der Waals surface area (Å²) >= 11 is 0. The zero-order valence-corrected chi connectivity index (χ0v) is 26.5. The number of nitrogens with one attached hydrogen (secondary N) is 2. The van der Waals surface area contributed by atoms with Gasteiger partial charge in [-0.2, -0.15) is 11.0 Å². The van der Waals surface area contributed by atoms with Gasteiger partial charge in [-0.05, 0) is 67.2 Å². The van der Waals surface area contributed by atoms with Gasteiger partial charge in [0.25, 0.3) is 0 Å². The van der Waals surface area contributed by atoms with E-state index in [0.29, 0.717) is 0 Å². The van der Waals surface area contributed by atoms with Gasteiger partial charge in [-0.1, -0.05) is 27.7 Å². The van der Waals surface area contributed by atoms with E-state index >= 15 is 0 Å². The Balaban J connectivity index is -0.000000563. The summed E-state index contributed by atoms with van der Waals surface area (Å²) in [5.74, 6) is 2.60. The molecule has 0 rings (SSSR count). The fraction of sp³-hybridized carbons (Fsp3) is 0.808. The Hall–Kier alpha value is -3.21. The number of carboxylic acids is 1. The van der Waals surface area contributed by atoms with Crippen LogP contribution in [-0.4, -0.2) is 78.4 Å². The molecule has 0 radical (unpaired) electrons. The fourth-order valence-electron chi connectivity index (χ4n) is 2.33. The highest BCUT2D eigenvalue weighted by Crippen LogP contribution is 2.07. The summed E-state index contributed by atoms with van der Waals surface area (Å²) in [7, 11) is 0. The molecule has 16 nitrogen and oxygen atoms in total. The number of hydroxylamine groups is 2. The highest BCUT2D eigenvalue weighted by Gasteiger charge is 2.18. The first-order chi connectivity index (χ1) is 19.3. The average molecular weight is 614 g/mol. The Kier molecular flexibility index (Phi) is 25.1. The molecule has 0 aliphatic heterocycles. The van der Waals surface area contributed by atoms with Crippen LogP contribution in [0.15, 0.2) is 0 Å². The molecular formula is C26H51N3O13. The van der Waals surface area contributed by atoms with Gasteiger partial charge in [0.1, 0.15) is 23.4 Å². The van der Waals surface area contributed by atoms with Gasteiger partial charge in [0.15, 0.2) is 19.8 Å². The Labute approximate surface area is 248 Å². The lowest BCUT2D eigenvalue weighted by atomic mass is 10.2. The topological polar surface area (TPSA) is 220 Å². The molecule has 0 spiro atoms. The van der Waals surface area contributed by atoms with Crippen molar-refractivity contribution >= 4 is 30.1 Å². The number of carbonyl (C=O) groups excluding carboxylic acids is 4. The third-order valence-corrected chi connectivity index (χ3v) is 4.11. The van der Waals surface area contributed by atoms with Crippen LogP contribution in [0.4, 0.5) is 9.59 Å². The van der Waals surface area contributed by atoms with E-state index in [1.165, 1.54) is 0 Å². The van der Waals surface area contributed by atoms with Crippen molar-refractivity contribution in [3.8, 4) is 0 Å². The van der Waals surface area contributed by atoms with Crippen LogP contribution in [0.5, 0.6) is 0 Å². The van der Waals surface area contributed by atoms with Gasteiger partial charge in [-0.15, -0.1) is 0 Å². The minimum Gasteiger partial charge on any atom is -0.479 e. The first-order valence-electron chi connectivity index (χ1n) is 13.5. The molecule has 0 unspecified atom stereocenters. The van der Waals surface area contributed by atoms with Crippen molar-refractivity contribution < 1.29 is 62.5 Å². The zero-order chi connectivity index (χ0) is 33.4. The summed E-state index contributed by atoms with van der Waals surface area (Å²) in [6.45, 7) is 16.9. The van der Waals surface area contributed by atoms with Crippen LogP contribution in [0.1, 0.15) is 94.9 Å². The van der Waals surface area contributed by atoms with Crippen molar-refractivity contribution in [2.45, 2.75) is 118 Å². The molecule has 0 aromatic rings. The number of carbonyl (C=O) groups is 5. The SMILES string of the molecule is CC(C)(C)OC(=O)NOCC(=O)O.CCC(CC)OC(=O)CON.CCC(CC)OC(=O)CONC(=O)OC(C)(C)C. The Morgan fingerprint density at radius 3 is 1.26 bits per heavy atom. The summed E-state index contributed by atoms with van der Waals surface area (Å²) in [5, 5.41) is 8.14. The highest BCUT2D eigenvalue weighted by atomic mass is 16.7. The molecule has 0 atom stereocenters. The number of hydrogen-bond donors (Lipinski definition) is 4. The number of ether oxygens (including phenoxy) is 4. The molecule has 0 aromatic carbocycles. The lowest BCUT2D eigenvalue weighted by Gasteiger charge is -2.19. The number of hydrogen-bond acceptors (Lipinski definition) is 13. The summed E-state index contributed by atoms with van der Waals surface area (Å²) in [6, 6.07) is 0. The quantitative estimate of drug-likeness (QED) is 0.125. The second kappa shape index (κ2) is 24.4. The highest BCUT2D eigenvalue weighted by molar-refractivity contribution is 5.72. The number of rotatable bonds is 14. The second-order valence-electron chi connectivity index (χ2n) is 10.3. The van der Waals surface area contributed by atoms with Gasteiger partial charge in [-0.3, -0.25) is 14.5 Å². The van der Waals surface area contributed by atoms with E-state index < -0.39 is 47.9 Å². The maximum absolute atomic E-state index is 11.3. The molecule has 2 amide bonds. The van der Waals surface area contributed by atoms with Crippen LogP contribution in [0.2, 0.25) is 0 Å². The summed E-state index contributed by atoms with van der Waals surface area (Å²) < 4.78 is 19.7. The lowest BCUT2D eigenvalue weighted by Crippen LogP contribution is -2.34.